The number of thiazole rings is 1. The molecule has 0 aliphatic carbocycles. The molecular formula is C22H29IN4O2S. The van der Waals surface area contributed by atoms with Gasteiger partial charge in [-0.2, -0.15) is 0 Å². The summed E-state index contributed by atoms with van der Waals surface area (Å²) in [5.74, 6) is 2.94. The molecule has 0 saturated carbocycles. The highest BCUT2D eigenvalue weighted by molar-refractivity contribution is 14.0. The Morgan fingerprint density at radius 3 is 2.57 bits per heavy atom. The lowest BCUT2D eigenvalue weighted by Gasteiger charge is -2.14. The van der Waals surface area contributed by atoms with E-state index in [0.29, 0.717) is 12.5 Å². The van der Waals surface area contributed by atoms with Gasteiger partial charge in [0.15, 0.2) is 5.96 Å². The molecule has 2 N–H and O–H groups in total. The fourth-order valence-corrected chi connectivity index (χ4v) is 3.52. The van der Waals surface area contributed by atoms with E-state index in [1.165, 1.54) is 5.56 Å². The topological polar surface area (TPSA) is 71.7 Å². The molecular weight excluding hydrogens is 511 g/mol. The molecule has 3 aromatic rings. The van der Waals surface area contributed by atoms with Crippen LogP contribution in [0, 0.1) is 0 Å². The van der Waals surface area contributed by atoms with Crippen molar-refractivity contribution in [2.45, 2.75) is 25.7 Å². The number of aromatic nitrogens is 1. The Balaban J connectivity index is 0.00000320. The summed E-state index contributed by atoms with van der Waals surface area (Å²) in [6.45, 7) is 4.39. The fourth-order valence-electron chi connectivity index (χ4n) is 2.83. The Labute approximate surface area is 199 Å². The molecule has 2 aromatic heterocycles. The minimum Gasteiger partial charge on any atom is -0.497 e. The summed E-state index contributed by atoms with van der Waals surface area (Å²) in [4.78, 5) is 9.16. The van der Waals surface area contributed by atoms with Crippen LogP contribution < -0.4 is 15.4 Å². The van der Waals surface area contributed by atoms with E-state index in [0.717, 1.165) is 48.4 Å². The molecule has 6 nitrogen and oxygen atoms in total. The number of halogens is 1. The lowest BCUT2D eigenvalue weighted by molar-refractivity contribution is 0.414. The van der Waals surface area contributed by atoms with Crippen LogP contribution in [0.3, 0.4) is 0 Å². The summed E-state index contributed by atoms with van der Waals surface area (Å²) in [7, 11) is 1.68. The van der Waals surface area contributed by atoms with Crippen molar-refractivity contribution in [1.29, 1.82) is 0 Å². The Hall–Kier alpha value is -2.07. The van der Waals surface area contributed by atoms with Gasteiger partial charge < -0.3 is 19.8 Å². The number of guanidine groups is 1. The van der Waals surface area contributed by atoms with Crippen molar-refractivity contribution < 1.29 is 9.15 Å². The molecule has 0 bridgehead atoms. The highest BCUT2D eigenvalue weighted by Gasteiger charge is 2.08. The van der Waals surface area contributed by atoms with Crippen LogP contribution in [-0.2, 0) is 12.8 Å². The van der Waals surface area contributed by atoms with Crippen LogP contribution in [0.4, 0.5) is 0 Å². The highest BCUT2D eigenvalue weighted by atomic mass is 127. The number of furan rings is 1. The summed E-state index contributed by atoms with van der Waals surface area (Å²) in [6, 6.07) is 12.1. The van der Waals surface area contributed by atoms with Crippen LogP contribution in [0.1, 0.15) is 29.2 Å². The lowest BCUT2D eigenvalue weighted by Crippen LogP contribution is -2.39. The SMILES string of the molecule is COc1ccc(CCNC(=NCC(C)c2nccs2)NCCc2ccco2)cc1.I. The zero-order valence-corrected chi connectivity index (χ0v) is 20.5. The van der Waals surface area contributed by atoms with Crippen molar-refractivity contribution >= 4 is 41.3 Å². The first-order valence-electron chi connectivity index (χ1n) is 9.81. The van der Waals surface area contributed by atoms with E-state index in [1.54, 1.807) is 24.7 Å². The van der Waals surface area contributed by atoms with E-state index in [2.05, 4.69) is 34.7 Å². The number of aliphatic imine (C=N–C) groups is 1. The molecule has 2 heterocycles. The largest absolute Gasteiger partial charge is 0.497 e. The zero-order valence-electron chi connectivity index (χ0n) is 17.3. The Bertz CT molecular complexity index is 852. The van der Waals surface area contributed by atoms with Gasteiger partial charge >= 0.3 is 0 Å². The average Bonchev–Trinajstić information content (AvgIpc) is 3.46. The predicted octanol–water partition coefficient (Wildman–Crippen LogP) is 4.49. The van der Waals surface area contributed by atoms with Crippen molar-refractivity contribution in [3.8, 4) is 5.75 Å². The predicted molar refractivity (Wildman–Crippen MR) is 133 cm³/mol. The maximum Gasteiger partial charge on any atom is 0.191 e. The van der Waals surface area contributed by atoms with E-state index in [4.69, 9.17) is 14.1 Å². The number of rotatable bonds is 10. The van der Waals surface area contributed by atoms with Crippen LogP contribution >= 0.6 is 35.3 Å². The van der Waals surface area contributed by atoms with Gasteiger partial charge in [0.2, 0.25) is 0 Å². The average molecular weight is 540 g/mol. The Kier molecular flexibility index (Phi) is 10.7. The third kappa shape index (κ3) is 7.98. The van der Waals surface area contributed by atoms with Gasteiger partial charge in [0.25, 0.3) is 0 Å². The van der Waals surface area contributed by atoms with Crippen molar-refractivity contribution in [2.24, 2.45) is 4.99 Å². The lowest BCUT2D eigenvalue weighted by atomic mass is 10.1. The number of benzene rings is 1. The van der Waals surface area contributed by atoms with Crippen LogP contribution in [0.25, 0.3) is 0 Å². The van der Waals surface area contributed by atoms with E-state index >= 15 is 0 Å². The smallest absolute Gasteiger partial charge is 0.191 e. The second-order valence-electron chi connectivity index (χ2n) is 6.74. The molecule has 0 saturated heterocycles. The van der Waals surface area contributed by atoms with Gasteiger partial charge in [0.05, 0.1) is 24.9 Å². The Morgan fingerprint density at radius 1 is 1.17 bits per heavy atom. The molecule has 0 fully saturated rings. The first kappa shape index (κ1) is 24.2. The van der Waals surface area contributed by atoms with Crippen molar-refractivity contribution in [3.05, 3.63) is 70.6 Å². The second kappa shape index (κ2) is 13.3. The van der Waals surface area contributed by atoms with E-state index in [1.807, 2.05) is 35.8 Å². The third-order valence-corrected chi connectivity index (χ3v) is 5.51. The maximum atomic E-state index is 5.40. The molecule has 0 radical (unpaired) electrons. The molecule has 1 aromatic carbocycles. The standard InChI is InChI=1S/C22H28N4O2S.HI/c1-17(21-23-13-15-29-21)16-26-22(25-12-10-20-4-3-14-28-20)24-11-9-18-5-7-19(27-2)8-6-18;/h3-8,13-15,17H,9-12,16H2,1-2H3,(H2,24,25,26);1H. The normalized spacial score (nSPS) is 12.1. The maximum absolute atomic E-state index is 5.40. The highest BCUT2D eigenvalue weighted by Crippen LogP contribution is 2.17. The molecule has 0 amide bonds. The first-order valence-corrected chi connectivity index (χ1v) is 10.7. The van der Waals surface area contributed by atoms with Crippen LogP contribution in [0.5, 0.6) is 5.75 Å². The molecule has 0 aliphatic rings. The van der Waals surface area contributed by atoms with E-state index < -0.39 is 0 Å². The quantitative estimate of drug-likeness (QED) is 0.225. The monoisotopic (exact) mass is 540 g/mol. The van der Waals surface area contributed by atoms with Gasteiger partial charge in [0.1, 0.15) is 11.5 Å². The van der Waals surface area contributed by atoms with Gasteiger partial charge in [-0.05, 0) is 36.2 Å². The zero-order chi connectivity index (χ0) is 20.3. The minimum atomic E-state index is 0. The third-order valence-electron chi connectivity index (χ3n) is 4.51. The van der Waals surface area contributed by atoms with Crippen LogP contribution in [0.15, 0.2) is 63.6 Å². The van der Waals surface area contributed by atoms with Crippen molar-refractivity contribution in [1.82, 2.24) is 15.6 Å². The number of hydrogen-bond acceptors (Lipinski definition) is 5. The molecule has 1 unspecified atom stereocenters. The van der Waals surface area contributed by atoms with Gasteiger partial charge in [-0.25, -0.2) is 4.98 Å². The summed E-state index contributed by atoms with van der Waals surface area (Å²) >= 11 is 1.67. The molecule has 30 heavy (non-hydrogen) atoms. The molecule has 0 aliphatic heterocycles. The summed E-state index contributed by atoms with van der Waals surface area (Å²) in [5, 5.41) is 9.96. The van der Waals surface area contributed by atoms with Gasteiger partial charge in [-0.1, -0.05) is 19.1 Å². The number of methoxy groups -OCH3 is 1. The first-order chi connectivity index (χ1) is 14.2. The number of ether oxygens (including phenoxy) is 1. The second-order valence-corrected chi connectivity index (χ2v) is 7.67. The van der Waals surface area contributed by atoms with Gasteiger partial charge in [-0.3, -0.25) is 4.99 Å². The molecule has 1 atom stereocenters. The van der Waals surface area contributed by atoms with Crippen molar-refractivity contribution in [2.75, 3.05) is 26.7 Å². The number of hydrogen-bond donors (Lipinski definition) is 2. The molecule has 3 rings (SSSR count). The minimum absolute atomic E-state index is 0. The molecule has 8 heteroatoms. The summed E-state index contributed by atoms with van der Waals surface area (Å²) in [5.41, 5.74) is 1.25. The summed E-state index contributed by atoms with van der Waals surface area (Å²) in [6.07, 6.45) is 5.27. The van der Waals surface area contributed by atoms with Crippen molar-refractivity contribution in [3.63, 3.8) is 0 Å². The van der Waals surface area contributed by atoms with Crippen LogP contribution in [-0.4, -0.2) is 37.7 Å². The molecule has 162 valence electrons. The Morgan fingerprint density at radius 2 is 1.93 bits per heavy atom. The van der Waals surface area contributed by atoms with E-state index in [9.17, 15) is 0 Å². The van der Waals surface area contributed by atoms with E-state index in [-0.39, 0.29) is 24.0 Å². The summed E-state index contributed by atoms with van der Waals surface area (Å²) < 4.78 is 10.6. The van der Waals surface area contributed by atoms with Gasteiger partial charge in [-0.15, -0.1) is 35.3 Å². The van der Waals surface area contributed by atoms with Gasteiger partial charge in [0, 0.05) is 37.0 Å². The fraction of sp³-hybridized carbons (Fsp3) is 0.364. The number of nitrogens with zero attached hydrogens (tertiary/aromatic N) is 2. The molecule has 0 spiro atoms. The number of nitrogens with one attached hydrogen (secondary N) is 2. The van der Waals surface area contributed by atoms with Crippen LogP contribution in [0.2, 0.25) is 0 Å².